The van der Waals surface area contributed by atoms with Gasteiger partial charge in [-0.25, -0.2) is 0 Å². The highest BCUT2D eigenvalue weighted by molar-refractivity contribution is 5.93. The van der Waals surface area contributed by atoms with Crippen LogP contribution in [0.5, 0.6) is 5.75 Å². The van der Waals surface area contributed by atoms with Crippen LogP contribution in [0.25, 0.3) is 0 Å². The summed E-state index contributed by atoms with van der Waals surface area (Å²) < 4.78 is 10.7. The monoisotopic (exact) mass is 256 g/mol. The molecule has 0 radical (unpaired) electrons. The van der Waals surface area contributed by atoms with E-state index in [1.54, 1.807) is 48.7 Å². The lowest BCUT2D eigenvalue weighted by Gasteiger charge is -2.10. The maximum Gasteiger partial charge on any atom is 0.238 e. The van der Waals surface area contributed by atoms with Gasteiger partial charge in [-0.2, -0.15) is 5.26 Å². The van der Waals surface area contributed by atoms with Gasteiger partial charge in [0.15, 0.2) is 0 Å². The molecule has 1 heterocycles. The number of ether oxygens (including phenoxy) is 1. The van der Waals surface area contributed by atoms with E-state index in [0.717, 1.165) is 0 Å². The van der Waals surface area contributed by atoms with Crippen molar-refractivity contribution in [3.05, 3.63) is 48.4 Å². The molecule has 2 rings (SSSR count). The largest absolute Gasteiger partial charge is 0.483 e. The van der Waals surface area contributed by atoms with Crippen LogP contribution in [0, 0.1) is 11.3 Å². The molecule has 0 aliphatic heterocycles. The second kappa shape index (κ2) is 6.26. The standard InChI is InChI=1S/C14H12N2O3/c15-8-7-14(17)16-12-5-1-2-6-13(12)19-10-11-4-3-9-18-11/h1-6,9H,7,10H2,(H,16,17). The van der Waals surface area contributed by atoms with Crippen LogP contribution in [-0.2, 0) is 11.4 Å². The van der Waals surface area contributed by atoms with Crippen molar-refractivity contribution in [2.75, 3.05) is 5.32 Å². The highest BCUT2D eigenvalue weighted by Crippen LogP contribution is 2.24. The van der Waals surface area contributed by atoms with Crippen molar-refractivity contribution < 1.29 is 13.9 Å². The van der Waals surface area contributed by atoms with E-state index in [9.17, 15) is 4.79 Å². The molecule has 1 N–H and O–H groups in total. The van der Waals surface area contributed by atoms with Crippen molar-refractivity contribution >= 4 is 11.6 Å². The average molecular weight is 256 g/mol. The van der Waals surface area contributed by atoms with Gasteiger partial charge in [0.1, 0.15) is 24.5 Å². The lowest BCUT2D eigenvalue weighted by Crippen LogP contribution is -2.11. The first kappa shape index (κ1) is 12.7. The molecule has 19 heavy (non-hydrogen) atoms. The quantitative estimate of drug-likeness (QED) is 0.892. The Balaban J connectivity index is 2.04. The number of nitriles is 1. The van der Waals surface area contributed by atoms with Gasteiger partial charge >= 0.3 is 0 Å². The average Bonchev–Trinajstić information content (AvgIpc) is 2.91. The summed E-state index contributed by atoms with van der Waals surface area (Å²) in [4.78, 5) is 11.4. The first-order chi connectivity index (χ1) is 9.29. The van der Waals surface area contributed by atoms with E-state index < -0.39 is 0 Å². The van der Waals surface area contributed by atoms with Crippen LogP contribution in [-0.4, -0.2) is 5.91 Å². The minimum atomic E-state index is -0.364. The predicted octanol–water partition coefficient (Wildman–Crippen LogP) is 2.71. The molecule has 0 atom stereocenters. The van der Waals surface area contributed by atoms with E-state index in [4.69, 9.17) is 14.4 Å². The number of anilines is 1. The second-order valence-electron chi connectivity index (χ2n) is 3.75. The van der Waals surface area contributed by atoms with Gasteiger partial charge in [0.25, 0.3) is 0 Å². The van der Waals surface area contributed by atoms with Crippen LogP contribution in [0.1, 0.15) is 12.2 Å². The smallest absolute Gasteiger partial charge is 0.238 e. The van der Waals surface area contributed by atoms with Crippen molar-refractivity contribution in [2.24, 2.45) is 0 Å². The summed E-state index contributed by atoms with van der Waals surface area (Å²) in [6.07, 6.45) is 1.38. The van der Waals surface area contributed by atoms with E-state index in [0.29, 0.717) is 17.2 Å². The Labute approximate surface area is 110 Å². The van der Waals surface area contributed by atoms with Crippen LogP contribution >= 0.6 is 0 Å². The van der Waals surface area contributed by atoms with Crippen LogP contribution in [0.2, 0.25) is 0 Å². The fraction of sp³-hybridized carbons (Fsp3) is 0.143. The molecule has 96 valence electrons. The van der Waals surface area contributed by atoms with Gasteiger partial charge in [0, 0.05) is 0 Å². The molecule has 0 aliphatic carbocycles. The molecule has 5 heteroatoms. The molecule has 2 aromatic rings. The molecular formula is C14H12N2O3. The number of furan rings is 1. The maximum absolute atomic E-state index is 11.4. The fourth-order valence-electron chi connectivity index (χ4n) is 1.51. The van der Waals surface area contributed by atoms with Crippen LogP contribution in [0.3, 0.4) is 0 Å². The number of carbonyl (C=O) groups is 1. The van der Waals surface area contributed by atoms with Crippen molar-refractivity contribution in [3.63, 3.8) is 0 Å². The number of nitrogens with one attached hydrogen (secondary N) is 1. The lowest BCUT2D eigenvalue weighted by molar-refractivity contribution is -0.115. The molecule has 1 aromatic heterocycles. The highest BCUT2D eigenvalue weighted by Gasteiger charge is 2.07. The second-order valence-corrected chi connectivity index (χ2v) is 3.75. The molecule has 0 spiro atoms. The van der Waals surface area contributed by atoms with E-state index in [1.165, 1.54) is 0 Å². The van der Waals surface area contributed by atoms with Crippen LogP contribution in [0.15, 0.2) is 47.1 Å². The topological polar surface area (TPSA) is 75.3 Å². The summed E-state index contributed by atoms with van der Waals surface area (Å²) in [5, 5.41) is 11.1. The molecule has 0 bridgehead atoms. The summed E-state index contributed by atoms with van der Waals surface area (Å²) in [5.41, 5.74) is 0.536. The SMILES string of the molecule is N#CCC(=O)Nc1ccccc1OCc1ccco1. The summed E-state index contributed by atoms with van der Waals surface area (Å²) >= 11 is 0. The molecular weight excluding hydrogens is 244 g/mol. The number of para-hydroxylation sites is 2. The Hall–Kier alpha value is -2.74. The molecule has 0 saturated carbocycles. The highest BCUT2D eigenvalue weighted by atomic mass is 16.5. The van der Waals surface area contributed by atoms with E-state index >= 15 is 0 Å². The van der Waals surface area contributed by atoms with E-state index in [2.05, 4.69) is 5.32 Å². The molecule has 1 aromatic carbocycles. The van der Waals surface area contributed by atoms with Gasteiger partial charge in [-0.15, -0.1) is 0 Å². The fourth-order valence-corrected chi connectivity index (χ4v) is 1.51. The first-order valence-electron chi connectivity index (χ1n) is 5.70. The number of carbonyl (C=O) groups excluding carboxylic acids is 1. The van der Waals surface area contributed by atoms with Crippen molar-refractivity contribution in [1.29, 1.82) is 5.26 Å². The van der Waals surface area contributed by atoms with E-state index in [-0.39, 0.29) is 18.9 Å². The van der Waals surface area contributed by atoms with Crippen molar-refractivity contribution in [2.45, 2.75) is 13.0 Å². The summed E-state index contributed by atoms with van der Waals surface area (Å²) in [6.45, 7) is 0.276. The number of hydrogen-bond donors (Lipinski definition) is 1. The van der Waals surface area contributed by atoms with Crippen molar-refractivity contribution in [1.82, 2.24) is 0 Å². The van der Waals surface area contributed by atoms with Crippen LogP contribution < -0.4 is 10.1 Å². The number of nitrogens with zero attached hydrogens (tertiary/aromatic N) is 1. The maximum atomic E-state index is 11.4. The number of hydrogen-bond acceptors (Lipinski definition) is 4. The molecule has 1 amide bonds. The Morgan fingerprint density at radius 1 is 1.32 bits per heavy atom. The van der Waals surface area contributed by atoms with Crippen LogP contribution in [0.4, 0.5) is 5.69 Å². The zero-order valence-electron chi connectivity index (χ0n) is 10.1. The molecule has 0 saturated heterocycles. The Morgan fingerprint density at radius 3 is 2.89 bits per heavy atom. The third-order valence-electron chi connectivity index (χ3n) is 2.35. The van der Waals surface area contributed by atoms with Gasteiger partial charge in [-0.1, -0.05) is 12.1 Å². The molecule has 0 unspecified atom stereocenters. The molecule has 0 aliphatic rings. The summed E-state index contributed by atoms with van der Waals surface area (Å²) in [7, 11) is 0. The van der Waals surface area contributed by atoms with Gasteiger partial charge in [-0.3, -0.25) is 4.79 Å². The first-order valence-corrected chi connectivity index (χ1v) is 5.70. The van der Waals surface area contributed by atoms with Gasteiger partial charge < -0.3 is 14.5 Å². The lowest BCUT2D eigenvalue weighted by atomic mass is 10.3. The third-order valence-corrected chi connectivity index (χ3v) is 2.35. The normalized spacial score (nSPS) is 9.63. The van der Waals surface area contributed by atoms with Gasteiger partial charge in [0.2, 0.25) is 5.91 Å². The van der Waals surface area contributed by atoms with Gasteiger partial charge in [-0.05, 0) is 24.3 Å². The van der Waals surface area contributed by atoms with Gasteiger partial charge in [0.05, 0.1) is 18.0 Å². The Kier molecular flexibility index (Phi) is 4.19. The summed E-state index contributed by atoms with van der Waals surface area (Å²) in [6, 6.07) is 12.4. The number of amides is 1. The van der Waals surface area contributed by atoms with E-state index in [1.807, 2.05) is 0 Å². The zero-order valence-corrected chi connectivity index (χ0v) is 10.1. The Bertz CT molecular complexity index is 585. The Morgan fingerprint density at radius 2 is 2.16 bits per heavy atom. The summed E-state index contributed by atoms with van der Waals surface area (Å²) in [5.74, 6) is 0.861. The van der Waals surface area contributed by atoms with Crippen molar-refractivity contribution in [3.8, 4) is 11.8 Å². The minimum Gasteiger partial charge on any atom is -0.483 e. The third kappa shape index (κ3) is 3.61. The minimum absolute atomic E-state index is 0.188. The predicted molar refractivity (Wildman–Crippen MR) is 68.3 cm³/mol. The number of rotatable bonds is 5. The molecule has 5 nitrogen and oxygen atoms in total. The molecule has 0 fully saturated rings. The number of benzene rings is 1. The zero-order chi connectivity index (χ0) is 13.5.